The molecule has 4 aromatic rings. The van der Waals surface area contributed by atoms with Crippen molar-refractivity contribution in [1.29, 1.82) is 0 Å². The number of nitrogens with one attached hydrogen (secondary N) is 1. The zero-order chi connectivity index (χ0) is 13.8. The Hall–Kier alpha value is -2.68. The second kappa shape index (κ2) is 5.53. The monoisotopic (exact) mass is 264 g/mol. The van der Waals surface area contributed by atoms with Gasteiger partial charge >= 0.3 is 0 Å². The molecule has 3 heteroatoms. The van der Waals surface area contributed by atoms with E-state index in [0.717, 1.165) is 11.0 Å². The lowest BCUT2D eigenvalue weighted by Gasteiger charge is -1.91. The van der Waals surface area contributed by atoms with E-state index in [9.17, 15) is 4.39 Å². The molecular weight excluding hydrogens is 251 g/mol. The lowest BCUT2D eigenvalue weighted by atomic mass is 10.2. The number of aromatic amines is 1. The third-order valence-corrected chi connectivity index (χ3v) is 3.05. The Morgan fingerprint density at radius 1 is 0.850 bits per heavy atom. The summed E-state index contributed by atoms with van der Waals surface area (Å²) in [5.74, 6) is -0.168. The van der Waals surface area contributed by atoms with Crippen molar-refractivity contribution >= 4 is 21.8 Å². The predicted octanol–water partition coefficient (Wildman–Crippen LogP) is 4.54. The van der Waals surface area contributed by atoms with Crippen LogP contribution in [-0.2, 0) is 0 Å². The number of halogens is 1. The standard InChI is InChI=1S/C9H7N.C8H6FN/c1-2-6-9-8(4-1)5-3-7-10-9;9-7-2-1-3-8-6(7)4-5-10-8/h1-7H;1-5,10H. The highest BCUT2D eigenvalue weighted by Crippen LogP contribution is 2.14. The van der Waals surface area contributed by atoms with Gasteiger partial charge in [-0.25, -0.2) is 4.39 Å². The molecule has 2 heterocycles. The third kappa shape index (κ3) is 2.52. The molecule has 4 rings (SSSR count). The van der Waals surface area contributed by atoms with Gasteiger partial charge in [0.15, 0.2) is 0 Å². The Labute approximate surface area is 115 Å². The SMILES string of the molecule is Fc1cccc2[nH]ccc12.c1ccc2ncccc2c1. The molecule has 0 bridgehead atoms. The van der Waals surface area contributed by atoms with Crippen LogP contribution in [0.1, 0.15) is 0 Å². The third-order valence-electron chi connectivity index (χ3n) is 3.05. The van der Waals surface area contributed by atoms with E-state index in [1.54, 1.807) is 18.3 Å². The molecule has 1 N–H and O–H groups in total. The van der Waals surface area contributed by atoms with Crippen LogP contribution in [0, 0.1) is 5.82 Å². The van der Waals surface area contributed by atoms with Crippen LogP contribution in [0.2, 0.25) is 0 Å². The van der Waals surface area contributed by atoms with Gasteiger partial charge in [-0.15, -0.1) is 0 Å². The van der Waals surface area contributed by atoms with Gasteiger partial charge in [-0.1, -0.05) is 30.3 Å². The summed E-state index contributed by atoms with van der Waals surface area (Å²) in [5.41, 5.74) is 1.91. The Bertz CT molecular complexity index is 771. The maximum absolute atomic E-state index is 12.8. The highest BCUT2D eigenvalue weighted by Gasteiger charge is 1.97. The molecular formula is C17H13FN2. The summed E-state index contributed by atoms with van der Waals surface area (Å²) >= 11 is 0. The maximum Gasteiger partial charge on any atom is 0.132 e. The number of aromatic nitrogens is 2. The summed E-state index contributed by atoms with van der Waals surface area (Å²) in [6.45, 7) is 0. The molecule has 2 nitrogen and oxygen atoms in total. The molecule has 0 aliphatic carbocycles. The summed E-state index contributed by atoms with van der Waals surface area (Å²) in [6.07, 6.45) is 3.54. The topological polar surface area (TPSA) is 28.7 Å². The Morgan fingerprint density at radius 2 is 1.70 bits per heavy atom. The van der Waals surface area contributed by atoms with Gasteiger partial charge in [0.2, 0.25) is 0 Å². The average molecular weight is 264 g/mol. The first-order valence-electron chi connectivity index (χ1n) is 6.36. The Balaban J connectivity index is 0.000000121. The summed E-state index contributed by atoms with van der Waals surface area (Å²) in [6, 6.07) is 18.8. The molecule has 0 radical (unpaired) electrons. The van der Waals surface area contributed by atoms with Crippen LogP contribution in [-0.4, -0.2) is 9.97 Å². The van der Waals surface area contributed by atoms with Gasteiger partial charge in [-0.2, -0.15) is 0 Å². The van der Waals surface area contributed by atoms with Crippen LogP contribution in [0.25, 0.3) is 21.8 Å². The highest BCUT2D eigenvalue weighted by atomic mass is 19.1. The number of fused-ring (bicyclic) bond motifs is 2. The van der Waals surface area contributed by atoms with Crippen molar-refractivity contribution < 1.29 is 4.39 Å². The maximum atomic E-state index is 12.8. The molecule has 2 aromatic carbocycles. The van der Waals surface area contributed by atoms with Gasteiger partial charge in [-0.3, -0.25) is 4.98 Å². The summed E-state index contributed by atoms with van der Waals surface area (Å²) in [4.78, 5) is 7.10. The second-order valence-corrected chi connectivity index (χ2v) is 4.37. The van der Waals surface area contributed by atoms with E-state index < -0.39 is 0 Å². The zero-order valence-corrected chi connectivity index (χ0v) is 10.8. The molecule has 0 aliphatic rings. The second-order valence-electron chi connectivity index (χ2n) is 4.37. The van der Waals surface area contributed by atoms with Crippen molar-refractivity contribution in [2.24, 2.45) is 0 Å². The lowest BCUT2D eigenvalue weighted by Crippen LogP contribution is -1.73. The Morgan fingerprint density at radius 3 is 2.55 bits per heavy atom. The van der Waals surface area contributed by atoms with Crippen LogP contribution in [0.3, 0.4) is 0 Å². The minimum atomic E-state index is -0.168. The number of rotatable bonds is 0. The molecule has 0 amide bonds. The van der Waals surface area contributed by atoms with Crippen molar-refractivity contribution in [3.8, 4) is 0 Å². The summed E-state index contributed by atoms with van der Waals surface area (Å²) in [7, 11) is 0. The van der Waals surface area contributed by atoms with Gasteiger partial charge in [-0.05, 0) is 30.3 Å². The fraction of sp³-hybridized carbons (Fsp3) is 0. The lowest BCUT2D eigenvalue weighted by molar-refractivity contribution is 0.640. The van der Waals surface area contributed by atoms with Gasteiger partial charge in [0.1, 0.15) is 5.82 Å². The molecule has 20 heavy (non-hydrogen) atoms. The van der Waals surface area contributed by atoms with Gasteiger partial charge in [0, 0.05) is 28.7 Å². The first kappa shape index (κ1) is 12.4. The summed E-state index contributed by atoms with van der Waals surface area (Å²) in [5, 5.41) is 1.85. The molecule has 2 aromatic heterocycles. The van der Waals surface area contributed by atoms with E-state index in [0.29, 0.717) is 5.39 Å². The van der Waals surface area contributed by atoms with Gasteiger partial charge in [0.25, 0.3) is 0 Å². The van der Waals surface area contributed by atoms with Crippen LogP contribution >= 0.6 is 0 Å². The van der Waals surface area contributed by atoms with Crippen LogP contribution in [0.15, 0.2) is 73.1 Å². The number of hydrogen-bond donors (Lipinski definition) is 1. The Kier molecular flexibility index (Phi) is 3.42. The van der Waals surface area contributed by atoms with Crippen molar-refractivity contribution in [2.45, 2.75) is 0 Å². The predicted molar refractivity (Wildman–Crippen MR) is 80.0 cm³/mol. The zero-order valence-electron chi connectivity index (χ0n) is 10.8. The fourth-order valence-electron chi connectivity index (χ4n) is 2.06. The molecule has 0 fully saturated rings. The number of H-pyrrole nitrogens is 1. The normalized spacial score (nSPS) is 10.2. The van der Waals surface area contributed by atoms with Crippen molar-refractivity contribution in [3.63, 3.8) is 0 Å². The van der Waals surface area contributed by atoms with Crippen LogP contribution in [0.4, 0.5) is 4.39 Å². The number of para-hydroxylation sites is 1. The minimum absolute atomic E-state index is 0.168. The summed E-state index contributed by atoms with van der Waals surface area (Å²) < 4.78 is 12.8. The molecule has 0 saturated heterocycles. The van der Waals surface area contributed by atoms with Crippen molar-refractivity contribution in [2.75, 3.05) is 0 Å². The highest BCUT2D eigenvalue weighted by molar-refractivity contribution is 5.79. The molecule has 0 aliphatic heterocycles. The van der Waals surface area contributed by atoms with Crippen LogP contribution < -0.4 is 0 Å². The molecule has 0 saturated carbocycles. The number of hydrogen-bond acceptors (Lipinski definition) is 1. The fourth-order valence-corrected chi connectivity index (χ4v) is 2.06. The number of benzene rings is 2. The van der Waals surface area contributed by atoms with Crippen molar-refractivity contribution in [1.82, 2.24) is 9.97 Å². The largest absolute Gasteiger partial charge is 0.361 e. The first-order valence-corrected chi connectivity index (χ1v) is 6.36. The van der Waals surface area contributed by atoms with Crippen LogP contribution in [0.5, 0.6) is 0 Å². The minimum Gasteiger partial charge on any atom is -0.361 e. The molecule has 0 spiro atoms. The molecule has 0 atom stereocenters. The van der Waals surface area contributed by atoms with E-state index in [1.165, 1.54) is 11.5 Å². The van der Waals surface area contributed by atoms with Gasteiger partial charge in [0.05, 0.1) is 5.52 Å². The van der Waals surface area contributed by atoms with E-state index in [-0.39, 0.29) is 5.82 Å². The number of pyridine rings is 1. The van der Waals surface area contributed by atoms with E-state index in [2.05, 4.69) is 22.1 Å². The molecule has 98 valence electrons. The number of nitrogens with zero attached hydrogens (tertiary/aromatic N) is 1. The van der Waals surface area contributed by atoms with E-state index in [1.807, 2.05) is 36.5 Å². The quantitative estimate of drug-likeness (QED) is 0.496. The van der Waals surface area contributed by atoms with E-state index in [4.69, 9.17) is 0 Å². The smallest absolute Gasteiger partial charge is 0.132 e. The van der Waals surface area contributed by atoms with E-state index >= 15 is 0 Å². The first-order chi connectivity index (χ1) is 9.84. The van der Waals surface area contributed by atoms with Crippen molar-refractivity contribution in [3.05, 3.63) is 78.9 Å². The average Bonchev–Trinajstić information content (AvgIpc) is 2.98. The van der Waals surface area contributed by atoms with Gasteiger partial charge < -0.3 is 4.98 Å². The molecule has 0 unspecified atom stereocenters.